The van der Waals surface area contributed by atoms with E-state index in [4.69, 9.17) is 5.14 Å². The monoisotopic (exact) mass is 442 g/mol. The predicted molar refractivity (Wildman–Crippen MR) is 108 cm³/mol. The number of primary sulfonamides is 1. The van der Waals surface area contributed by atoms with Gasteiger partial charge in [-0.1, -0.05) is 12.1 Å². The molecule has 3 N–H and O–H groups in total. The molecule has 0 bridgehead atoms. The molecule has 0 saturated carbocycles. The van der Waals surface area contributed by atoms with E-state index in [9.17, 15) is 26.4 Å². The Morgan fingerprint density at radius 2 is 1.50 bits per heavy atom. The van der Waals surface area contributed by atoms with Crippen molar-refractivity contribution in [2.45, 2.75) is 14.7 Å². The van der Waals surface area contributed by atoms with Crippen molar-refractivity contribution in [3.05, 3.63) is 83.4 Å². The van der Waals surface area contributed by atoms with Crippen LogP contribution in [0.3, 0.4) is 0 Å². The number of sulfonamides is 1. The van der Waals surface area contributed by atoms with E-state index in [2.05, 4.69) is 5.32 Å². The van der Waals surface area contributed by atoms with Crippen molar-refractivity contribution < 1.29 is 26.4 Å². The Balaban J connectivity index is 1.68. The van der Waals surface area contributed by atoms with Gasteiger partial charge in [-0.2, -0.15) is 0 Å². The second-order valence-corrected chi connectivity index (χ2v) is 10.0. The molecule has 1 heterocycles. The maximum Gasteiger partial charge on any atom is 0.255 e. The van der Waals surface area contributed by atoms with Crippen LogP contribution in [0.4, 0.5) is 5.69 Å². The minimum atomic E-state index is -3.97. The quantitative estimate of drug-likeness (QED) is 0.497. The molecule has 0 fully saturated rings. The van der Waals surface area contributed by atoms with Crippen LogP contribution < -0.4 is 10.5 Å². The van der Waals surface area contributed by atoms with Crippen LogP contribution in [-0.4, -0.2) is 28.5 Å². The average molecular weight is 442 g/mol. The normalized spacial score (nSPS) is 14.5. The van der Waals surface area contributed by atoms with E-state index in [-0.39, 0.29) is 37.1 Å². The second kappa shape index (κ2) is 6.87. The maximum atomic E-state index is 13.0. The fourth-order valence-corrected chi connectivity index (χ4v) is 5.35. The highest BCUT2D eigenvalue weighted by atomic mass is 32.2. The zero-order valence-electron chi connectivity index (χ0n) is 15.2. The van der Waals surface area contributed by atoms with Gasteiger partial charge < -0.3 is 5.32 Å². The molecule has 4 rings (SSSR count). The third kappa shape index (κ3) is 3.30. The summed E-state index contributed by atoms with van der Waals surface area (Å²) >= 11 is 0. The lowest BCUT2D eigenvalue weighted by Gasteiger charge is -2.19. The third-order valence-electron chi connectivity index (χ3n) is 4.64. The predicted octanol–water partition coefficient (Wildman–Crippen LogP) is 1.96. The SMILES string of the molecule is NS(=O)(=O)c1ccc(NC(=O)c2ccc3c(c2)S(=O)(=O)c2ccccc2C3=O)cc1. The zero-order chi connectivity index (χ0) is 21.7. The fourth-order valence-electron chi connectivity index (χ4n) is 3.16. The summed E-state index contributed by atoms with van der Waals surface area (Å²) in [5.74, 6) is -1.05. The van der Waals surface area contributed by atoms with Crippen LogP contribution >= 0.6 is 0 Å². The summed E-state index contributed by atoms with van der Waals surface area (Å²) in [6.07, 6.45) is 0. The van der Waals surface area contributed by atoms with Gasteiger partial charge in [0, 0.05) is 22.4 Å². The van der Waals surface area contributed by atoms with Gasteiger partial charge in [-0.25, -0.2) is 22.0 Å². The van der Waals surface area contributed by atoms with Crippen LogP contribution in [0.25, 0.3) is 0 Å². The molecule has 1 amide bonds. The largest absolute Gasteiger partial charge is 0.322 e. The Morgan fingerprint density at radius 1 is 0.867 bits per heavy atom. The molecule has 3 aromatic rings. The number of fused-ring (bicyclic) bond motifs is 2. The molecule has 0 saturated heterocycles. The highest BCUT2D eigenvalue weighted by Gasteiger charge is 2.35. The lowest BCUT2D eigenvalue weighted by molar-refractivity contribution is 0.101. The Labute approximate surface area is 172 Å². The average Bonchev–Trinajstić information content (AvgIpc) is 2.72. The van der Waals surface area contributed by atoms with Crippen LogP contribution in [0.15, 0.2) is 81.4 Å². The number of nitrogens with two attached hydrogens (primary N) is 1. The second-order valence-electron chi connectivity index (χ2n) is 6.56. The Kier molecular flexibility index (Phi) is 4.57. The van der Waals surface area contributed by atoms with Crippen LogP contribution in [-0.2, 0) is 19.9 Å². The summed E-state index contributed by atoms with van der Waals surface area (Å²) in [4.78, 5) is 24.8. The van der Waals surface area contributed by atoms with Crippen LogP contribution in [0.2, 0.25) is 0 Å². The Hall–Kier alpha value is -3.34. The van der Waals surface area contributed by atoms with Gasteiger partial charge in [0.25, 0.3) is 5.91 Å². The molecule has 0 aromatic heterocycles. The number of carbonyl (C=O) groups excluding carboxylic acids is 2. The number of benzene rings is 3. The summed E-state index contributed by atoms with van der Waals surface area (Å²) < 4.78 is 48.5. The first-order valence-electron chi connectivity index (χ1n) is 8.56. The first-order chi connectivity index (χ1) is 14.1. The summed E-state index contributed by atoms with van der Waals surface area (Å²) in [6, 6.07) is 14.9. The lowest BCUT2D eigenvalue weighted by Crippen LogP contribution is -2.21. The number of carbonyl (C=O) groups is 2. The first kappa shape index (κ1) is 20.0. The highest BCUT2D eigenvalue weighted by Crippen LogP contribution is 2.34. The molecular weight excluding hydrogens is 428 g/mol. The number of rotatable bonds is 3. The van der Waals surface area contributed by atoms with E-state index < -0.39 is 31.6 Å². The Morgan fingerprint density at radius 3 is 2.17 bits per heavy atom. The van der Waals surface area contributed by atoms with Crippen molar-refractivity contribution in [3.63, 3.8) is 0 Å². The number of sulfone groups is 1. The van der Waals surface area contributed by atoms with Gasteiger partial charge in [0.2, 0.25) is 19.9 Å². The van der Waals surface area contributed by atoms with Crippen LogP contribution in [0.5, 0.6) is 0 Å². The van der Waals surface area contributed by atoms with Crippen LogP contribution in [0.1, 0.15) is 26.3 Å². The van der Waals surface area contributed by atoms with Gasteiger partial charge >= 0.3 is 0 Å². The molecule has 0 aliphatic carbocycles. The minimum Gasteiger partial charge on any atom is -0.322 e. The topological polar surface area (TPSA) is 140 Å². The van der Waals surface area contributed by atoms with E-state index in [0.29, 0.717) is 0 Å². The molecule has 8 nitrogen and oxygen atoms in total. The first-order valence-corrected chi connectivity index (χ1v) is 11.6. The van der Waals surface area contributed by atoms with Crippen molar-refractivity contribution in [1.82, 2.24) is 0 Å². The van der Waals surface area contributed by atoms with Crippen molar-refractivity contribution in [2.75, 3.05) is 5.32 Å². The van der Waals surface area contributed by atoms with E-state index in [1.54, 1.807) is 6.07 Å². The molecule has 0 atom stereocenters. The molecule has 0 unspecified atom stereocenters. The fraction of sp³-hybridized carbons (Fsp3) is 0. The number of amides is 1. The minimum absolute atomic E-state index is 0.00255. The molecule has 152 valence electrons. The van der Waals surface area contributed by atoms with E-state index in [1.165, 1.54) is 54.6 Å². The van der Waals surface area contributed by atoms with Gasteiger partial charge in [0.15, 0.2) is 5.78 Å². The summed E-state index contributed by atoms with van der Waals surface area (Å²) in [6.45, 7) is 0. The number of hydrogen-bond acceptors (Lipinski definition) is 6. The summed E-state index contributed by atoms with van der Waals surface area (Å²) in [7, 11) is -7.83. The molecule has 1 aliphatic heterocycles. The molecular formula is C20H14N2O6S2. The van der Waals surface area contributed by atoms with Gasteiger partial charge in [-0.05, 0) is 54.6 Å². The Bertz CT molecular complexity index is 1430. The molecule has 3 aromatic carbocycles. The molecule has 0 radical (unpaired) electrons. The molecule has 30 heavy (non-hydrogen) atoms. The number of hydrogen-bond donors (Lipinski definition) is 2. The van der Waals surface area contributed by atoms with Crippen molar-refractivity contribution >= 4 is 37.2 Å². The van der Waals surface area contributed by atoms with Gasteiger partial charge in [0.1, 0.15) is 0 Å². The highest BCUT2D eigenvalue weighted by molar-refractivity contribution is 7.91. The van der Waals surface area contributed by atoms with Crippen molar-refractivity contribution in [2.24, 2.45) is 5.14 Å². The summed E-state index contributed by atoms with van der Waals surface area (Å²) in [5, 5.41) is 7.58. The third-order valence-corrected chi connectivity index (χ3v) is 7.42. The van der Waals surface area contributed by atoms with Crippen molar-refractivity contribution in [1.29, 1.82) is 0 Å². The van der Waals surface area contributed by atoms with Gasteiger partial charge in [-0.3, -0.25) is 9.59 Å². The van der Waals surface area contributed by atoms with Gasteiger partial charge in [0.05, 0.1) is 14.7 Å². The molecule has 0 spiro atoms. The van der Waals surface area contributed by atoms with E-state index in [0.717, 1.165) is 6.07 Å². The lowest BCUT2D eigenvalue weighted by atomic mass is 10.0. The van der Waals surface area contributed by atoms with Gasteiger partial charge in [-0.15, -0.1) is 0 Å². The zero-order valence-corrected chi connectivity index (χ0v) is 16.8. The summed E-state index contributed by atoms with van der Waals surface area (Å²) in [5.41, 5.74) is 0.411. The van der Waals surface area contributed by atoms with E-state index >= 15 is 0 Å². The number of ketones is 1. The van der Waals surface area contributed by atoms with Crippen LogP contribution in [0, 0.1) is 0 Å². The standard InChI is InChI=1S/C20H14N2O6S2/c21-30(27,28)14-8-6-13(7-9-14)22-20(24)12-5-10-16-18(11-12)29(25,26)17-4-2-1-3-15(17)19(16)23/h1-11H,(H,22,24)(H2,21,27,28). The smallest absolute Gasteiger partial charge is 0.255 e. The number of anilines is 1. The molecule has 1 aliphatic rings. The van der Waals surface area contributed by atoms with E-state index in [1.807, 2.05) is 0 Å². The molecule has 10 heteroatoms. The maximum absolute atomic E-state index is 13.0. The van der Waals surface area contributed by atoms with Crippen molar-refractivity contribution in [3.8, 4) is 0 Å². The number of nitrogens with one attached hydrogen (secondary N) is 1.